The van der Waals surface area contributed by atoms with E-state index in [1.807, 2.05) is 0 Å². The lowest BCUT2D eigenvalue weighted by Gasteiger charge is -2.35. The molecule has 1 aliphatic rings. The highest BCUT2D eigenvalue weighted by Crippen LogP contribution is 2.28. The van der Waals surface area contributed by atoms with Crippen molar-refractivity contribution in [3.63, 3.8) is 0 Å². The molecule has 1 saturated heterocycles. The van der Waals surface area contributed by atoms with Gasteiger partial charge in [-0.1, -0.05) is 27.7 Å². The fraction of sp³-hybridized carbons (Fsp3) is 1.00. The van der Waals surface area contributed by atoms with Crippen molar-refractivity contribution < 1.29 is 0 Å². The molecule has 0 radical (unpaired) electrons. The van der Waals surface area contributed by atoms with Crippen LogP contribution in [0.15, 0.2) is 0 Å². The van der Waals surface area contributed by atoms with Crippen molar-refractivity contribution >= 4 is 0 Å². The number of nitrogens with zero attached hydrogens (tertiary/aromatic N) is 1. The summed E-state index contributed by atoms with van der Waals surface area (Å²) in [5.41, 5.74) is 0.410. The third-order valence-electron chi connectivity index (χ3n) is 3.80. The van der Waals surface area contributed by atoms with E-state index in [4.69, 9.17) is 0 Å². The highest BCUT2D eigenvalue weighted by atomic mass is 15.2. The van der Waals surface area contributed by atoms with E-state index in [2.05, 4.69) is 44.8 Å². The molecule has 0 aliphatic carbocycles. The number of hydrogen-bond donors (Lipinski definition) is 1. The Morgan fingerprint density at radius 2 is 2.07 bits per heavy atom. The summed E-state index contributed by atoms with van der Waals surface area (Å²) < 4.78 is 0. The summed E-state index contributed by atoms with van der Waals surface area (Å²) in [4.78, 5) is 2.65. The first-order chi connectivity index (χ1) is 6.95. The van der Waals surface area contributed by atoms with E-state index in [-0.39, 0.29) is 0 Å². The van der Waals surface area contributed by atoms with E-state index in [1.54, 1.807) is 0 Å². The minimum absolute atomic E-state index is 0.410. The maximum absolute atomic E-state index is 3.46. The van der Waals surface area contributed by atoms with Crippen LogP contribution in [-0.2, 0) is 0 Å². The third kappa shape index (κ3) is 3.76. The van der Waals surface area contributed by atoms with E-state index in [9.17, 15) is 0 Å². The average Bonchev–Trinajstić information content (AvgIpc) is 2.60. The van der Waals surface area contributed by atoms with E-state index in [1.165, 1.54) is 26.1 Å². The SMILES string of the molecule is CCNCC1CCN(C(C)C(C)(C)C)C1. The highest BCUT2D eigenvalue weighted by Gasteiger charge is 2.31. The molecular formula is C13H28N2. The number of likely N-dealkylation sites (tertiary alicyclic amines) is 1. The lowest BCUT2D eigenvalue weighted by Crippen LogP contribution is -2.41. The first-order valence-electron chi connectivity index (χ1n) is 6.40. The first-order valence-corrected chi connectivity index (χ1v) is 6.40. The molecule has 2 nitrogen and oxygen atoms in total. The molecule has 2 heteroatoms. The fourth-order valence-corrected chi connectivity index (χ4v) is 2.28. The summed E-state index contributed by atoms with van der Waals surface area (Å²) in [7, 11) is 0. The molecule has 1 fully saturated rings. The van der Waals surface area contributed by atoms with Crippen molar-refractivity contribution in [1.29, 1.82) is 0 Å². The van der Waals surface area contributed by atoms with Crippen LogP contribution in [0.4, 0.5) is 0 Å². The van der Waals surface area contributed by atoms with Crippen LogP contribution in [0, 0.1) is 11.3 Å². The lowest BCUT2D eigenvalue weighted by molar-refractivity contribution is 0.135. The smallest absolute Gasteiger partial charge is 0.0116 e. The van der Waals surface area contributed by atoms with Crippen molar-refractivity contribution in [2.75, 3.05) is 26.2 Å². The Morgan fingerprint density at radius 3 is 2.60 bits per heavy atom. The van der Waals surface area contributed by atoms with Gasteiger partial charge < -0.3 is 5.32 Å². The Labute approximate surface area is 95.4 Å². The fourth-order valence-electron chi connectivity index (χ4n) is 2.28. The second kappa shape index (κ2) is 5.31. The molecule has 1 heterocycles. The molecule has 0 bridgehead atoms. The number of nitrogens with one attached hydrogen (secondary N) is 1. The van der Waals surface area contributed by atoms with Crippen molar-refractivity contribution in [2.24, 2.45) is 11.3 Å². The van der Waals surface area contributed by atoms with Crippen LogP contribution in [-0.4, -0.2) is 37.1 Å². The third-order valence-corrected chi connectivity index (χ3v) is 3.80. The van der Waals surface area contributed by atoms with E-state index < -0.39 is 0 Å². The van der Waals surface area contributed by atoms with E-state index >= 15 is 0 Å². The van der Waals surface area contributed by atoms with Gasteiger partial charge in [0.25, 0.3) is 0 Å². The van der Waals surface area contributed by atoms with E-state index in [0.29, 0.717) is 11.5 Å². The van der Waals surface area contributed by atoms with Crippen LogP contribution < -0.4 is 5.32 Å². The molecule has 0 aromatic carbocycles. The molecule has 0 amide bonds. The Balaban J connectivity index is 2.35. The summed E-state index contributed by atoms with van der Waals surface area (Å²) in [6, 6.07) is 0.698. The summed E-state index contributed by atoms with van der Waals surface area (Å²) in [6.07, 6.45) is 1.37. The molecule has 1 N–H and O–H groups in total. The van der Waals surface area contributed by atoms with Crippen LogP contribution in [0.25, 0.3) is 0 Å². The lowest BCUT2D eigenvalue weighted by atomic mass is 9.87. The van der Waals surface area contributed by atoms with Gasteiger partial charge in [0, 0.05) is 12.6 Å². The predicted molar refractivity (Wildman–Crippen MR) is 67.1 cm³/mol. The minimum atomic E-state index is 0.410. The van der Waals surface area contributed by atoms with Gasteiger partial charge in [-0.05, 0) is 44.3 Å². The van der Waals surface area contributed by atoms with Crippen molar-refractivity contribution in [3.05, 3.63) is 0 Å². The number of rotatable bonds is 4. The monoisotopic (exact) mass is 212 g/mol. The van der Waals surface area contributed by atoms with Crippen LogP contribution in [0.5, 0.6) is 0 Å². The molecule has 1 rings (SSSR count). The van der Waals surface area contributed by atoms with Crippen LogP contribution in [0.3, 0.4) is 0 Å². The summed E-state index contributed by atoms with van der Waals surface area (Å²) in [5, 5.41) is 3.46. The zero-order chi connectivity index (χ0) is 11.5. The maximum atomic E-state index is 3.46. The first kappa shape index (κ1) is 13.0. The summed E-state index contributed by atoms with van der Waals surface area (Å²) >= 11 is 0. The standard InChI is InChI=1S/C13H28N2/c1-6-14-9-12-7-8-15(10-12)11(2)13(3,4)5/h11-12,14H,6-10H2,1-5H3. The quantitative estimate of drug-likeness (QED) is 0.769. The number of hydrogen-bond acceptors (Lipinski definition) is 2. The zero-order valence-corrected chi connectivity index (χ0v) is 11.1. The second-order valence-electron chi connectivity index (χ2n) is 6.00. The van der Waals surface area contributed by atoms with Gasteiger partial charge in [-0.15, -0.1) is 0 Å². The Morgan fingerprint density at radius 1 is 1.40 bits per heavy atom. The molecule has 0 aromatic heterocycles. The second-order valence-corrected chi connectivity index (χ2v) is 6.00. The highest BCUT2D eigenvalue weighted by molar-refractivity contribution is 4.86. The van der Waals surface area contributed by atoms with Gasteiger partial charge in [0.15, 0.2) is 0 Å². The molecular weight excluding hydrogens is 184 g/mol. The maximum Gasteiger partial charge on any atom is 0.0116 e. The van der Waals surface area contributed by atoms with Crippen LogP contribution in [0.2, 0.25) is 0 Å². The van der Waals surface area contributed by atoms with Crippen molar-refractivity contribution in [2.45, 2.75) is 47.1 Å². The summed E-state index contributed by atoms with van der Waals surface area (Å²) in [6.45, 7) is 16.5. The predicted octanol–water partition coefficient (Wildman–Crippen LogP) is 2.35. The average molecular weight is 212 g/mol. The zero-order valence-electron chi connectivity index (χ0n) is 11.1. The van der Waals surface area contributed by atoms with Gasteiger partial charge in [0.2, 0.25) is 0 Å². The molecule has 0 spiro atoms. The van der Waals surface area contributed by atoms with Gasteiger partial charge >= 0.3 is 0 Å². The largest absolute Gasteiger partial charge is 0.317 e. The van der Waals surface area contributed by atoms with Gasteiger partial charge in [-0.25, -0.2) is 0 Å². The van der Waals surface area contributed by atoms with Crippen LogP contribution >= 0.6 is 0 Å². The molecule has 1 aliphatic heterocycles. The molecule has 0 aromatic rings. The molecule has 90 valence electrons. The molecule has 0 saturated carbocycles. The summed E-state index contributed by atoms with van der Waals surface area (Å²) in [5.74, 6) is 0.870. The van der Waals surface area contributed by atoms with Gasteiger partial charge in [0.05, 0.1) is 0 Å². The Bertz CT molecular complexity index is 183. The van der Waals surface area contributed by atoms with Gasteiger partial charge in [-0.2, -0.15) is 0 Å². The van der Waals surface area contributed by atoms with Crippen LogP contribution in [0.1, 0.15) is 41.0 Å². The Kier molecular flexibility index (Phi) is 4.60. The van der Waals surface area contributed by atoms with Gasteiger partial charge in [0.1, 0.15) is 0 Å². The van der Waals surface area contributed by atoms with Crippen molar-refractivity contribution in [3.8, 4) is 0 Å². The molecule has 2 atom stereocenters. The molecule has 15 heavy (non-hydrogen) atoms. The normalized spacial score (nSPS) is 25.8. The molecule has 2 unspecified atom stereocenters. The van der Waals surface area contributed by atoms with Gasteiger partial charge in [-0.3, -0.25) is 4.90 Å². The topological polar surface area (TPSA) is 15.3 Å². The van der Waals surface area contributed by atoms with Crippen molar-refractivity contribution in [1.82, 2.24) is 10.2 Å². The van der Waals surface area contributed by atoms with E-state index in [0.717, 1.165) is 12.5 Å². The minimum Gasteiger partial charge on any atom is -0.317 e. The Hall–Kier alpha value is -0.0800.